The summed E-state index contributed by atoms with van der Waals surface area (Å²) in [7, 11) is 0.425. The monoisotopic (exact) mass is 300 g/mol. The second-order valence-electron chi connectivity index (χ2n) is 6.94. The van der Waals surface area contributed by atoms with Crippen molar-refractivity contribution in [3.63, 3.8) is 0 Å². The van der Waals surface area contributed by atoms with Gasteiger partial charge in [0, 0.05) is 0 Å². The van der Waals surface area contributed by atoms with E-state index in [2.05, 4.69) is 58.9 Å². The third-order valence-corrected chi connectivity index (χ3v) is 4.65. The van der Waals surface area contributed by atoms with Gasteiger partial charge < -0.3 is 9.53 Å². The molecule has 112 valence electrons. The van der Waals surface area contributed by atoms with Crippen LogP contribution in [-0.4, -0.2) is 14.9 Å². The van der Waals surface area contributed by atoms with Crippen LogP contribution in [0.4, 0.5) is 0 Å². The van der Waals surface area contributed by atoms with Gasteiger partial charge in [-0.25, -0.2) is 0 Å². The molecule has 0 aromatic heterocycles. The van der Waals surface area contributed by atoms with E-state index in [0.717, 1.165) is 21.9 Å². The van der Waals surface area contributed by atoms with E-state index in [4.69, 9.17) is 4.43 Å². The molecule has 0 spiro atoms. The van der Waals surface area contributed by atoms with Crippen LogP contribution in [0.3, 0.4) is 0 Å². The number of fused-ring (bicyclic) bond motifs is 1. The fourth-order valence-electron chi connectivity index (χ4n) is 2.39. The van der Waals surface area contributed by atoms with Crippen molar-refractivity contribution in [3.8, 4) is 0 Å². The molecule has 2 aromatic rings. The van der Waals surface area contributed by atoms with Gasteiger partial charge in [0.05, 0.1) is 12.2 Å². The van der Waals surface area contributed by atoms with E-state index in [-0.39, 0.29) is 17.2 Å². The summed E-state index contributed by atoms with van der Waals surface area (Å²) in [5.74, 6) is 0. The molecule has 3 heteroatoms. The number of hydrogen-bond donors (Lipinski definition) is 1. The molecule has 0 unspecified atom stereocenters. The molecule has 0 bridgehead atoms. The quantitative estimate of drug-likeness (QED) is 0.847. The Kier molecular flexibility index (Phi) is 4.56. The second kappa shape index (κ2) is 5.91. The third kappa shape index (κ3) is 3.73. The zero-order chi connectivity index (χ0) is 15.7. The van der Waals surface area contributed by atoms with Crippen LogP contribution >= 0.6 is 0 Å². The van der Waals surface area contributed by atoms with Gasteiger partial charge in [-0.1, -0.05) is 57.2 Å². The van der Waals surface area contributed by atoms with Crippen molar-refractivity contribution < 1.29 is 9.53 Å². The Morgan fingerprint density at radius 3 is 2.19 bits per heavy atom. The molecule has 0 fully saturated rings. The molecule has 0 heterocycles. The van der Waals surface area contributed by atoms with Crippen LogP contribution in [0, 0.1) is 0 Å². The van der Waals surface area contributed by atoms with Gasteiger partial charge in [0.25, 0.3) is 0 Å². The first kappa shape index (κ1) is 16.2. The fourth-order valence-corrected chi connectivity index (χ4v) is 3.06. The van der Waals surface area contributed by atoms with Gasteiger partial charge in [0.2, 0.25) is 9.76 Å². The van der Waals surface area contributed by atoms with Crippen molar-refractivity contribution in [1.82, 2.24) is 0 Å². The minimum atomic E-state index is -0.378. The molecule has 2 radical (unpaired) electrons. The summed E-state index contributed by atoms with van der Waals surface area (Å²) in [6.07, 6.45) is 0. The lowest BCUT2D eigenvalue weighted by atomic mass is 9.90. The van der Waals surface area contributed by atoms with E-state index in [1.807, 2.05) is 12.1 Å². The van der Waals surface area contributed by atoms with Gasteiger partial charge in [0.1, 0.15) is 0 Å². The van der Waals surface area contributed by atoms with Gasteiger partial charge in [-0.2, -0.15) is 0 Å². The standard InChI is InChI=1S/C18H24O2Si/c1-17(2,3)21-20-18(4,5)15-11-7-9-13-8-6-10-14(12-19)16(13)15/h6-11,19H,12H2,1-5H3. The summed E-state index contributed by atoms with van der Waals surface area (Å²) in [6.45, 7) is 10.8. The molecule has 21 heavy (non-hydrogen) atoms. The SMILES string of the molecule is CC(C)(C)[Si]OC(C)(C)c1cccc2cccc(CO)c12. The molecular weight excluding hydrogens is 276 g/mol. The summed E-state index contributed by atoms with van der Waals surface area (Å²) < 4.78 is 6.23. The zero-order valence-corrected chi connectivity index (χ0v) is 14.5. The highest BCUT2D eigenvalue weighted by molar-refractivity contribution is 6.31. The highest BCUT2D eigenvalue weighted by atomic mass is 28.2. The molecule has 0 aliphatic rings. The first-order valence-corrected chi connectivity index (χ1v) is 8.22. The summed E-state index contributed by atoms with van der Waals surface area (Å²) in [4.78, 5) is 0. The molecule has 0 amide bonds. The Balaban J connectivity index is 2.50. The van der Waals surface area contributed by atoms with Gasteiger partial charge in [-0.3, -0.25) is 0 Å². The Bertz CT molecular complexity index is 621. The number of rotatable bonds is 4. The van der Waals surface area contributed by atoms with Crippen LogP contribution in [-0.2, 0) is 16.6 Å². The van der Waals surface area contributed by atoms with Crippen LogP contribution in [0.1, 0.15) is 45.7 Å². The summed E-state index contributed by atoms with van der Waals surface area (Å²) in [6, 6.07) is 12.3. The average Bonchev–Trinajstić information content (AvgIpc) is 2.43. The molecule has 2 nitrogen and oxygen atoms in total. The third-order valence-electron chi connectivity index (χ3n) is 3.42. The van der Waals surface area contributed by atoms with E-state index in [1.54, 1.807) is 0 Å². The molecule has 2 aromatic carbocycles. The van der Waals surface area contributed by atoms with Crippen LogP contribution < -0.4 is 0 Å². The van der Waals surface area contributed by atoms with Crippen molar-refractivity contribution >= 4 is 20.5 Å². The molecule has 1 N–H and O–H groups in total. The van der Waals surface area contributed by atoms with Gasteiger partial charge in [0.15, 0.2) is 0 Å². The summed E-state index contributed by atoms with van der Waals surface area (Å²) >= 11 is 0. The summed E-state index contributed by atoms with van der Waals surface area (Å²) in [5, 5.41) is 12.1. The number of aliphatic hydroxyl groups is 1. The molecule has 0 saturated heterocycles. The van der Waals surface area contributed by atoms with Crippen molar-refractivity contribution in [2.75, 3.05) is 0 Å². The van der Waals surface area contributed by atoms with E-state index >= 15 is 0 Å². The van der Waals surface area contributed by atoms with Crippen molar-refractivity contribution in [1.29, 1.82) is 0 Å². The van der Waals surface area contributed by atoms with E-state index in [9.17, 15) is 5.11 Å². The Hall–Kier alpha value is -1.16. The lowest BCUT2D eigenvalue weighted by Crippen LogP contribution is -2.28. The van der Waals surface area contributed by atoms with Gasteiger partial charge >= 0.3 is 0 Å². The van der Waals surface area contributed by atoms with Crippen molar-refractivity contribution in [2.24, 2.45) is 0 Å². The molecule has 2 rings (SSSR count). The van der Waals surface area contributed by atoms with Crippen LogP contribution in [0.5, 0.6) is 0 Å². The Labute approximate surface area is 130 Å². The van der Waals surface area contributed by atoms with E-state index < -0.39 is 0 Å². The summed E-state index contributed by atoms with van der Waals surface area (Å²) in [5.41, 5.74) is 1.72. The lowest BCUT2D eigenvalue weighted by Gasteiger charge is -2.31. The fraction of sp³-hybridized carbons (Fsp3) is 0.444. The predicted octanol–water partition coefficient (Wildman–Crippen LogP) is 4.42. The van der Waals surface area contributed by atoms with E-state index in [0.29, 0.717) is 9.76 Å². The first-order valence-electron chi connectivity index (χ1n) is 7.32. The number of aliphatic hydroxyl groups excluding tert-OH is 1. The highest BCUT2D eigenvalue weighted by Gasteiger charge is 2.27. The largest absolute Gasteiger partial charge is 0.408 e. The molecule has 0 aliphatic heterocycles. The molecule has 0 saturated carbocycles. The van der Waals surface area contributed by atoms with E-state index in [1.165, 1.54) is 0 Å². The maximum atomic E-state index is 9.65. The normalized spacial score (nSPS) is 12.9. The van der Waals surface area contributed by atoms with Crippen molar-refractivity contribution in [3.05, 3.63) is 47.5 Å². The lowest BCUT2D eigenvalue weighted by molar-refractivity contribution is 0.111. The molecular formula is C18H24O2Si. The maximum Gasteiger partial charge on any atom is 0.236 e. The zero-order valence-electron chi connectivity index (χ0n) is 13.5. The number of benzene rings is 2. The van der Waals surface area contributed by atoms with Crippen molar-refractivity contribution in [2.45, 2.75) is 51.9 Å². The molecule has 0 atom stereocenters. The Morgan fingerprint density at radius 1 is 1.00 bits per heavy atom. The smallest absolute Gasteiger partial charge is 0.236 e. The minimum Gasteiger partial charge on any atom is -0.408 e. The Morgan fingerprint density at radius 2 is 1.62 bits per heavy atom. The van der Waals surface area contributed by atoms with Crippen LogP contribution in [0.15, 0.2) is 36.4 Å². The number of hydrogen-bond acceptors (Lipinski definition) is 2. The maximum absolute atomic E-state index is 9.65. The topological polar surface area (TPSA) is 29.5 Å². The predicted molar refractivity (Wildman–Crippen MR) is 89.5 cm³/mol. The highest BCUT2D eigenvalue weighted by Crippen LogP contribution is 2.35. The second-order valence-corrected chi connectivity index (χ2v) is 8.85. The van der Waals surface area contributed by atoms with Gasteiger partial charge in [-0.15, -0.1) is 0 Å². The minimum absolute atomic E-state index is 0.0476. The van der Waals surface area contributed by atoms with Crippen LogP contribution in [0.25, 0.3) is 10.8 Å². The average molecular weight is 300 g/mol. The molecule has 0 aliphatic carbocycles. The van der Waals surface area contributed by atoms with Gasteiger partial charge in [-0.05, 0) is 40.8 Å². The van der Waals surface area contributed by atoms with Crippen LogP contribution in [0.2, 0.25) is 5.04 Å². The first-order chi connectivity index (χ1) is 9.74.